The van der Waals surface area contributed by atoms with E-state index < -0.39 is 5.97 Å². The number of carbonyl (C=O) groups is 1. The molecule has 0 saturated heterocycles. The van der Waals surface area contributed by atoms with E-state index in [0.29, 0.717) is 13.0 Å². The summed E-state index contributed by atoms with van der Waals surface area (Å²) in [5.74, 6) is -0.975. The second-order valence-corrected chi connectivity index (χ2v) is 1.70. The van der Waals surface area contributed by atoms with Crippen molar-refractivity contribution in [2.45, 2.75) is 6.42 Å². The molecule has 0 bridgehead atoms. The molecule has 4 nitrogen and oxygen atoms in total. The average Bonchev–Trinajstić information content (AvgIpc) is 1.87. The number of aliphatic hydroxyl groups is 1. The third-order valence-corrected chi connectivity index (χ3v) is 0.823. The Kier molecular flexibility index (Phi) is 5.47. The quantitative estimate of drug-likeness (QED) is 0.362. The van der Waals surface area contributed by atoms with Gasteiger partial charge in [-0.1, -0.05) is 0 Å². The first-order valence-corrected chi connectivity index (χ1v) is 3.01. The molecular weight excluding hydrogens is 134 g/mol. The highest BCUT2D eigenvalue weighted by molar-refractivity contribution is 5.79. The van der Waals surface area contributed by atoms with Crippen molar-refractivity contribution in [3.05, 3.63) is 12.3 Å². The minimum Gasteiger partial charge on any atom is -0.478 e. The molecule has 10 heavy (non-hydrogen) atoms. The molecule has 0 atom stereocenters. The van der Waals surface area contributed by atoms with Crippen LogP contribution in [0.4, 0.5) is 0 Å². The molecule has 0 aliphatic heterocycles. The van der Waals surface area contributed by atoms with E-state index in [9.17, 15) is 4.79 Å². The summed E-state index contributed by atoms with van der Waals surface area (Å²) >= 11 is 0. The molecule has 4 heteroatoms. The highest BCUT2D eigenvalue weighted by Crippen LogP contribution is 1.72. The third kappa shape index (κ3) is 6.97. The van der Waals surface area contributed by atoms with E-state index in [1.807, 2.05) is 0 Å². The second kappa shape index (κ2) is 6.10. The molecule has 0 aliphatic rings. The summed E-state index contributed by atoms with van der Waals surface area (Å²) in [7, 11) is 0. The van der Waals surface area contributed by atoms with Gasteiger partial charge < -0.3 is 15.5 Å². The van der Waals surface area contributed by atoms with Crippen LogP contribution in [-0.2, 0) is 4.79 Å². The first kappa shape index (κ1) is 8.97. The second-order valence-electron chi connectivity index (χ2n) is 1.70. The number of rotatable bonds is 5. The highest BCUT2D eigenvalue weighted by Gasteiger charge is 1.83. The van der Waals surface area contributed by atoms with Gasteiger partial charge in [-0.15, -0.1) is 0 Å². The summed E-state index contributed by atoms with van der Waals surface area (Å²) in [4.78, 5) is 9.86. The fraction of sp³-hybridized carbons (Fsp3) is 0.500. The van der Waals surface area contributed by atoms with Crippen LogP contribution in [0.5, 0.6) is 0 Å². The van der Waals surface area contributed by atoms with Crippen molar-refractivity contribution in [1.82, 2.24) is 5.32 Å². The maximum absolute atomic E-state index is 9.86. The number of aliphatic hydroxyl groups excluding tert-OH is 1. The third-order valence-electron chi connectivity index (χ3n) is 0.823. The van der Waals surface area contributed by atoms with Crippen molar-refractivity contribution >= 4 is 5.97 Å². The van der Waals surface area contributed by atoms with Crippen molar-refractivity contribution in [1.29, 1.82) is 0 Å². The Hall–Kier alpha value is -1.03. The molecule has 58 valence electrons. The Morgan fingerprint density at radius 2 is 2.30 bits per heavy atom. The lowest BCUT2D eigenvalue weighted by atomic mass is 10.4. The summed E-state index contributed by atoms with van der Waals surface area (Å²) in [5, 5.41) is 19.1. The normalized spacial score (nSPS) is 10.1. The van der Waals surface area contributed by atoms with Crippen LogP contribution in [0.3, 0.4) is 0 Å². The van der Waals surface area contributed by atoms with E-state index in [2.05, 4.69) is 5.32 Å². The average molecular weight is 145 g/mol. The van der Waals surface area contributed by atoms with Gasteiger partial charge in [-0.25, -0.2) is 4.79 Å². The van der Waals surface area contributed by atoms with Crippen LogP contribution in [0, 0.1) is 0 Å². The molecule has 0 rings (SSSR count). The molecule has 0 aliphatic carbocycles. The van der Waals surface area contributed by atoms with Gasteiger partial charge in [0, 0.05) is 25.4 Å². The van der Waals surface area contributed by atoms with Crippen LogP contribution in [0.15, 0.2) is 12.3 Å². The SMILES string of the molecule is O=C(O)/C=C/NCCCO. The number of carboxylic acids is 1. The molecule has 0 spiro atoms. The smallest absolute Gasteiger partial charge is 0.329 e. The van der Waals surface area contributed by atoms with Gasteiger partial charge in [-0.2, -0.15) is 0 Å². The van der Waals surface area contributed by atoms with E-state index in [4.69, 9.17) is 10.2 Å². The number of aliphatic carboxylic acids is 1. The number of hydrogen-bond donors (Lipinski definition) is 3. The molecule has 0 amide bonds. The van der Waals surface area contributed by atoms with Gasteiger partial charge in [0.15, 0.2) is 0 Å². The van der Waals surface area contributed by atoms with Crippen molar-refractivity contribution < 1.29 is 15.0 Å². The van der Waals surface area contributed by atoms with Crippen LogP contribution >= 0.6 is 0 Å². The fourth-order valence-corrected chi connectivity index (χ4v) is 0.395. The minimum atomic E-state index is -0.975. The topological polar surface area (TPSA) is 69.6 Å². The van der Waals surface area contributed by atoms with Gasteiger partial charge in [0.1, 0.15) is 0 Å². The van der Waals surface area contributed by atoms with E-state index in [1.165, 1.54) is 6.20 Å². The molecular formula is C6H11NO3. The van der Waals surface area contributed by atoms with Gasteiger partial charge in [-0.05, 0) is 6.42 Å². The van der Waals surface area contributed by atoms with E-state index >= 15 is 0 Å². The number of carboxylic acid groups (broad SMARTS) is 1. The first-order chi connectivity index (χ1) is 4.77. The monoisotopic (exact) mass is 145 g/mol. The van der Waals surface area contributed by atoms with Gasteiger partial charge in [0.2, 0.25) is 0 Å². The molecule has 0 heterocycles. The van der Waals surface area contributed by atoms with Gasteiger partial charge in [-0.3, -0.25) is 0 Å². The van der Waals surface area contributed by atoms with Gasteiger partial charge in [0.05, 0.1) is 0 Å². The summed E-state index contributed by atoms with van der Waals surface area (Å²) in [5.41, 5.74) is 0. The number of hydrogen-bond acceptors (Lipinski definition) is 3. The lowest BCUT2D eigenvalue weighted by Gasteiger charge is -1.94. The van der Waals surface area contributed by atoms with E-state index in [1.54, 1.807) is 0 Å². The first-order valence-electron chi connectivity index (χ1n) is 3.01. The van der Waals surface area contributed by atoms with Crippen LogP contribution in [0.25, 0.3) is 0 Å². The van der Waals surface area contributed by atoms with Crippen molar-refractivity contribution in [2.75, 3.05) is 13.2 Å². The molecule has 0 aromatic heterocycles. The Balaban J connectivity index is 3.10. The molecule has 0 fully saturated rings. The summed E-state index contributed by atoms with van der Waals surface area (Å²) in [6, 6.07) is 0. The number of nitrogens with one attached hydrogen (secondary N) is 1. The van der Waals surface area contributed by atoms with Crippen LogP contribution in [0.1, 0.15) is 6.42 Å². The van der Waals surface area contributed by atoms with Gasteiger partial charge >= 0.3 is 5.97 Å². The largest absolute Gasteiger partial charge is 0.478 e. The maximum Gasteiger partial charge on any atom is 0.329 e. The maximum atomic E-state index is 9.86. The summed E-state index contributed by atoms with van der Waals surface area (Å²) in [6.45, 7) is 0.716. The van der Waals surface area contributed by atoms with Crippen LogP contribution in [0.2, 0.25) is 0 Å². The van der Waals surface area contributed by atoms with E-state index in [-0.39, 0.29) is 6.61 Å². The predicted molar refractivity (Wildman–Crippen MR) is 36.5 cm³/mol. The zero-order chi connectivity index (χ0) is 7.82. The molecule has 0 unspecified atom stereocenters. The van der Waals surface area contributed by atoms with Crippen LogP contribution < -0.4 is 5.32 Å². The summed E-state index contributed by atoms with van der Waals surface area (Å²) < 4.78 is 0. The van der Waals surface area contributed by atoms with Crippen molar-refractivity contribution in [2.24, 2.45) is 0 Å². The van der Waals surface area contributed by atoms with Gasteiger partial charge in [0.25, 0.3) is 0 Å². The Labute approximate surface area is 59.2 Å². The molecule has 0 radical (unpaired) electrons. The Morgan fingerprint density at radius 1 is 1.60 bits per heavy atom. The Bertz CT molecular complexity index is 122. The zero-order valence-electron chi connectivity index (χ0n) is 5.58. The minimum absolute atomic E-state index is 0.119. The fourth-order valence-electron chi connectivity index (χ4n) is 0.395. The highest BCUT2D eigenvalue weighted by atomic mass is 16.4. The lowest BCUT2D eigenvalue weighted by Crippen LogP contribution is -2.08. The predicted octanol–water partition coefficient (Wildman–Crippen LogP) is -0.443. The molecule has 3 N–H and O–H groups in total. The van der Waals surface area contributed by atoms with Crippen molar-refractivity contribution in [3.8, 4) is 0 Å². The Morgan fingerprint density at radius 3 is 2.80 bits per heavy atom. The lowest BCUT2D eigenvalue weighted by molar-refractivity contribution is -0.131. The molecule has 0 aromatic carbocycles. The van der Waals surface area contributed by atoms with Crippen LogP contribution in [-0.4, -0.2) is 29.3 Å². The standard InChI is InChI=1S/C6H11NO3/c8-5-1-3-7-4-2-6(9)10/h2,4,7-8H,1,3,5H2,(H,9,10)/b4-2+. The zero-order valence-corrected chi connectivity index (χ0v) is 5.58. The van der Waals surface area contributed by atoms with Crippen molar-refractivity contribution in [3.63, 3.8) is 0 Å². The van der Waals surface area contributed by atoms with E-state index in [0.717, 1.165) is 6.08 Å². The molecule has 0 saturated carbocycles. The molecule has 0 aromatic rings. The summed E-state index contributed by atoms with van der Waals surface area (Å²) in [6.07, 6.45) is 2.99.